The van der Waals surface area contributed by atoms with Crippen LogP contribution in [0.3, 0.4) is 0 Å². The van der Waals surface area contributed by atoms with E-state index >= 15 is 0 Å². The van der Waals surface area contributed by atoms with Crippen molar-refractivity contribution < 1.29 is 9.90 Å². The number of anilines is 1. The first-order valence-electron chi connectivity index (χ1n) is 6.32. The lowest BCUT2D eigenvalue weighted by Gasteiger charge is -2.25. The van der Waals surface area contributed by atoms with Crippen molar-refractivity contribution in [3.63, 3.8) is 0 Å². The average Bonchev–Trinajstić information content (AvgIpc) is 2.73. The lowest BCUT2D eigenvalue weighted by atomic mass is 10.0. The molecule has 1 aliphatic rings. The van der Waals surface area contributed by atoms with Crippen LogP contribution in [0.1, 0.15) is 29.3 Å². The van der Waals surface area contributed by atoms with Crippen LogP contribution in [0.25, 0.3) is 0 Å². The van der Waals surface area contributed by atoms with Crippen molar-refractivity contribution in [2.75, 3.05) is 18.9 Å². The van der Waals surface area contributed by atoms with Crippen molar-refractivity contribution in [1.29, 1.82) is 0 Å². The molecule has 1 amide bonds. The Bertz CT molecular complexity index is 459. The smallest absolute Gasteiger partial charge is 0.254 e. The van der Waals surface area contributed by atoms with Crippen LogP contribution < -0.4 is 5.73 Å². The minimum absolute atomic E-state index is 0.0125. The fraction of sp³-hybridized carbons (Fsp3) is 0.500. The molecule has 1 fully saturated rings. The number of nitrogen functional groups attached to an aromatic ring is 1. The molecule has 18 heavy (non-hydrogen) atoms. The Kier molecular flexibility index (Phi) is 3.57. The first kappa shape index (κ1) is 12.9. The average molecular weight is 248 g/mol. The van der Waals surface area contributed by atoms with Gasteiger partial charge >= 0.3 is 0 Å². The van der Waals surface area contributed by atoms with Gasteiger partial charge in [-0.2, -0.15) is 0 Å². The Morgan fingerprint density at radius 1 is 1.56 bits per heavy atom. The Morgan fingerprint density at radius 2 is 2.28 bits per heavy atom. The van der Waals surface area contributed by atoms with Gasteiger partial charge in [0.2, 0.25) is 0 Å². The molecule has 0 aliphatic carbocycles. The summed E-state index contributed by atoms with van der Waals surface area (Å²) >= 11 is 0. The number of hydrogen-bond acceptors (Lipinski definition) is 3. The van der Waals surface area contributed by atoms with Crippen molar-refractivity contribution in [2.45, 2.75) is 26.3 Å². The zero-order valence-electron chi connectivity index (χ0n) is 10.9. The number of nitrogens with zero attached hydrogens (tertiary/aromatic N) is 1. The van der Waals surface area contributed by atoms with Gasteiger partial charge < -0.3 is 15.7 Å². The number of carbonyl (C=O) groups excluding carboxylic acids is 1. The molecule has 2 atom stereocenters. The van der Waals surface area contributed by atoms with Gasteiger partial charge in [-0.1, -0.05) is 6.92 Å². The molecule has 4 nitrogen and oxygen atoms in total. The molecule has 2 rings (SSSR count). The Hall–Kier alpha value is -1.55. The second kappa shape index (κ2) is 4.98. The molecular weight excluding hydrogens is 228 g/mol. The van der Waals surface area contributed by atoms with E-state index < -0.39 is 0 Å². The molecule has 1 aliphatic heterocycles. The predicted octanol–water partition coefficient (Wildman–Crippen LogP) is 1.42. The maximum Gasteiger partial charge on any atom is 0.254 e. The number of amides is 1. The van der Waals surface area contributed by atoms with Crippen LogP contribution in [-0.2, 0) is 0 Å². The second-order valence-corrected chi connectivity index (χ2v) is 5.09. The number of aliphatic hydroxyl groups excluding tert-OH is 1. The summed E-state index contributed by atoms with van der Waals surface area (Å²) in [5.74, 6) is 0.343. The number of aliphatic hydroxyl groups is 1. The molecule has 1 saturated heterocycles. The summed E-state index contributed by atoms with van der Waals surface area (Å²) in [5, 5.41) is 9.39. The number of aryl methyl sites for hydroxylation is 1. The van der Waals surface area contributed by atoms with Gasteiger partial charge in [0.05, 0.1) is 12.6 Å². The van der Waals surface area contributed by atoms with E-state index in [1.807, 2.05) is 13.0 Å². The van der Waals surface area contributed by atoms with Crippen LogP contribution >= 0.6 is 0 Å². The molecular formula is C14H20N2O2. The van der Waals surface area contributed by atoms with Crippen LogP contribution in [0.15, 0.2) is 18.2 Å². The fourth-order valence-electron chi connectivity index (χ4n) is 2.51. The highest BCUT2D eigenvalue weighted by molar-refractivity contribution is 5.95. The van der Waals surface area contributed by atoms with Gasteiger partial charge in [-0.3, -0.25) is 4.79 Å². The van der Waals surface area contributed by atoms with Crippen molar-refractivity contribution in [3.05, 3.63) is 29.3 Å². The summed E-state index contributed by atoms with van der Waals surface area (Å²) < 4.78 is 0. The topological polar surface area (TPSA) is 66.6 Å². The van der Waals surface area contributed by atoms with E-state index in [0.29, 0.717) is 23.7 Å². The van der Waals surface area contributed by atoms with E-state index in [4.69, 9.17) is 5.73 Å². The molecule has 0 bridgehead atoms. The molecule has 98 valence electrons. The summed E-state index contributed by atoms with van der Waals surface area (Å²) in [5.41, 5.74) is 8.01. The SMILES string of the molecule is Cc1cc(C(=O)N2CCC(C)C2CO)ccc1N. The van der Waals surface area contributed by atoms with E-state index in [9.17, 15) is 9.90 Å². The summed E-state index contributed by atoms with van der Waals surface area (Å²) in [7, 11) is 0. The molecule has 0 spiro atoms. The maximum atomic E-state index is 12.4. The molecule has 4 heteroatoms. The molecule has 1 aromatic carbocycles. The van der Waals surface area contributed by atoms with Gasteiger partial charge in [0.25, 0.3) is 5.91 Å². The number of benzene rings is 1. The second-order valence-electron chi connectivity index (χ2n) is 5.09. The highest BCUT2D eigenvalue weighted by Crippen LogP contribution is 2.26. The van der Waals surface area contributed by atoms with Gasteiger partial charge in [0, 0.05) is 17.8 Å². The third kappa shape index (κ3) is 2.20. The quantitative estimate of drug-likeness (QED) is 0.778. The maximum absolute atomic E-state index is 12.4. The molecule has 0 saturated carbocycles. The minimum Gasteiger partial charge on any atom is -0.399 e. The monoisotopic (exact) mass is 248 g/mol. The molecule has 2 unspecified atom stereocenters. The largest absolute Gasteiger partial charge is 0.399 e. The highest BCUT2D eigenvalue weighted by Gasteiger charge is 2.34. The molecule has 3 N–H and O–H groups in total. The van der Waals surface area contributed by atoms with Crippen molar-refractivity contribution in [2.24, 2.45) is 5.92 Å². The van der Waals surface area contributed by atoms with E-state index in [-0.39, 0.29) is 18.6 Å². The standard InChI is InChI=1S/C14H20N2O2/c1-9-5-6-16(13(9)8-17)14(18)11-3-4-12(15)10(2)7-11/h3-4,7,9,13,17H,5-6,8,15H2,1-2H3. The van der Waals surface area contributed by atoms with Crippen LogP contribution in [0.5, 0.6) is 0 Å². The van der Waals surface area contributed by atoms with Crippen LogP contribution in [-0.4, -0.2) is 35.1 Å². The summed E-state index contributed by atoms with van der Waals surface area (Å²) in [6.07, 6.45) is 0.949. The lowest BCUT2D eigenvalue weighted by Crippen LogP contribution is -2.39. The zero-order valence-corrected chi connectivity index (χ0v) is 10.9. The van der Waals surface area contributed by atoms with Crippen LogP contribution in [0.2, 0.25) is 0 Å². The number of nitrogens with two attached hydrogens (primary N) is 1. The zero-order chi connectivity index (χ0) is 13.3. The highest BCUT2D eigenvalue weighted by atomic mass is 16.3. The van der Waals surface area contributed by atoms with Gasteiger partial charge in [-0.25, -0.2) is 0 Å². The van der Waals surface area contributed by atoms with Crippen LogP contribution in [0.4, 0.5) is 5.69 Å². The molecule has 0 radical (unpaired) electrons. The number of rotatable bonds is 2. The first-order valence-corrected chi connectivity index (χ1v) is 6.32. The molecule has 1 heterocycles. The lowest BCUT2D eigenvalue weighted by molar-refractivity contribution is 0.0648. The van der Waals surface area contributed by atoms with Gasteiger partial charge in [-0.05, 0) is 43.0 Å². The number of hydrogen-bond donors (Lipinski definition) is 2. The predicted molar refractivity (Wildman–Crippen MR) is 71.3 cm³/mol. The van der Waals surface area contributed by atoms with Crippen molar-refractivity contribution >= 4 is 11.6 Å². The summed E-state index contributed by atoms with van der Waals surface area (Å²) in [4.78, 5) is 14.2. The fourth-order valence-corrected chi connectivity index (χ4v) is 2.51. The Labute approximate surface area is 107 Å². The van der Waals surface area contributed by atoms with Gasteiger partial charge in [-0.15, -0.1) is 0 Å². The van der Waals surface area contributed by atoms with Gasteiger partial charge in [0.15, 0.2) is 0 Å². The number of likely N-dealkylation sites (tertiary alicyclic amines) is 1. The third-order valence-corrected chi connectivity index (χ3v) is 3.85. The Morgan fingerprint density at radius 3 is 2.89 bits per heavy atom. The normalized spacial score (nSPS) is 23.4. The summed E-state index contributed by atoms with van der Waals surface area (Å²) in [6, 6.07) is 5.27. The minimum atomic E-state index is -0.0599. The van der Waals surface area contributed by atoms with Crippen LogP contribution in [0, 0.1) is 12.8 Å². The van der Waals surface area contributed by atoms with E-state index in [1.165, 1.54) is 0 Å². The summed E-state index contributed by atoms with van der Waals surface area (Å²) in [6.45, 7) is 4.71. The van der Waals surface area contributed by atoms with E-state index in [2.05, 4.69) is 6.92 Å². The number of carbonyl (C=O) groups is 1. The van der Waals surface area contributed by atoms with Gasteiger partial charge in [0.1, 0.15) is 0 Å². The third-order valence-electron chi connectivity index (χ3n) is 3.85. The van der Waals surface area contributed by atoms with E-state index in [0.717, 1.165) is 12.0 Å². The Balaban J connectivity index is 2.23. The van der Waals surface area contributed by atoms with Crippen molar-refractivity contribution in [3.8, 4) is 0 Å². The molecule has 1 aromatic rings. The molecule has 0 aromatic heterocycles. The van der Waals surface area contributed by atoms with Crippen molar-refractivity contribution in [1.82, 2.24) is 4.90 Å². The first-order chi connectivity index (χ1) is 8.54. The van der Waals surface area contributed by atoms with E-state index in [1.54, 1.807) is 17.0 Å².